The molecule has 1 aliphatic rings. The van der Waals surface area contributed by atoms with Gasteiger partial charge in [-0.25, -0.2) is 0 Å². The monoisotopic (exact) mass is 349 g/mol. The third-order valence-electron chi connectivity index (χ3n) is 3.91. The van der Waals surface area contributed by atoms with Crippen LogP contribution >= 0.6 is 0 Å². The first kappa shape index (κ1) is 17.1. The number of hydrazone groups is 1. The number of alkyl halides is 3. The SMILES string of the molecule is Cc1cccc(C(=O)N2N=C(c3ccncc3)C[C@@]2(O)C(F)(F)F)c1. The van der Waals surface area contributed by atoms with Gasteiger partial charge in [0.25, 0.3) is 11.6 Å². The summed E-state index contributed by atoms with van der Waals surface area (Å²) in [4.78, 5) is 16.4. The van der Waals surface area contributed by atoms with Gasteiger partial charge < -0.3 is 5.11 Å². The van der Waals surface area contributed by atoms with Gasteiger partial charge in [-0.1, -0.05) is 17.7 Å². The van der Waals surface area contributed by atoms with Crippen molar-refractivity contribution in [3.8, 4) is 0 Å². The molecule has 0 unspecified atom stereocenters. The van der Waals surface area contributed by atoms with Crippen molar-refractivity contribution in [3.05, 3.63) is 65.5 Å². The van der Waals surface area contributed by atoms with Crippen LogP contribution in [-0.2, 0) is 0 Å². The highest BCUT2D eigenvalue weighted by Crippen LogP contribution is 2.41. The Bertz CT molecular complexity index is 837. The van der Waals surface area contributed by atoms with Gasteiger partial charge in [-0.15, -0.1) is 0 Å². The molecule has 1 aromatic carbocycles. The Labute approximate surface area is 141 Å². The van der Waals surface area contributed by atoms with E-state index in [9.17, 15) is 23.1 Å². The van der Waals surface area contributed by atoms with Crippen LogP contribution in [0.5, 0.6) is 0 Å². The number of rotatable bonds is 2. The van der Waals surface area contributed by atoms with Crippen LogP contribution in [-0.4, -0.2) is 38.6 Å². The Morgan fingerprint density at radius 1 is 1.24 bits per heavy atom. The molecule has 1 N–H and O–H groups in total. The van der Waals surface area contributed by atoms with Gasteiger partial charge in [0.05, 0.1) is 12.1 Å². The van der Waals surface area contributed by atoms with Crippen LogP contribution in [0.3, 0.4) is 0 Å². The number of amides is 1. The smallest absolute Gasteiger partial charge is 0.362 e. The topological polar surface area (TPSA) is 65.8 Å². The molecule has 0 spiro atoms. The highest BCUT2D eigenvalue weighted by Gasteiger charge is 2.63. The second kappa shape index (κ2) is 5.96. The number of aliphatic hydroxyl groups is 1. The molecule has 0 fully saturated rings. The molecule has 1 aliphatic heterocycles. The summed E-state index contributed by atoms with van der Waals surface area (Å²) in [6.45, 7) is 1.71. The highest BCUT2D eigenvalue weighted by molar-refractivity contribution is 6.05. The molecule has 0 aliphatic carbocycles. The number of carbonyl (C=O) groups is 1. The van der Waals surface area contributed by atoms with E-state index in [1.54, 1.807) is 19.1 Å². The van der Waals surface area contributed by atoms with Crippen molar-refractivity contribution in [3.63, 3.8) is 0 Å². The minimum absolute atomic E-state index is 0.0161. The molecule has 0 saturated heterocycles. The highest BCUT2D eigenvalue weighted by atomic mass is 19.4. The van der Waals surface area contributed by atoms with E-state index in [4.69, 9.17) is 0 Å². The van der Waals surface area contributed by atoms with E-state index in [2.05, 4.69) is 10.1 Å². The van der Waals surface area contributed by atoms with Crippen molar-refractivity contribution in [2.75, 3.05) is 0 Å². The lowest BCUT2D eigenvalue weighted by Gasteiger charge is -2.32. The number of pyridine rings is 1. The van der Waals surface area contributed by atoms with Crippen LogP contribution < -0.4 is 0 Å². The predicted octanol–water partition coefficient (Wildman–Crippen LogP) is 2.89. The van der Waals surface area contributed by atoms with Gasteiger partial charge >= 0.3 is 6.18 Å². The maximum absolute atomic E-state index is 13.5. The Morgan fingerprint density at radius 3 is 2.52 bits per heavy atom. The number of hydrogen-bond acceptors (Lipinski definition) is 4. The number of nitrogens with zero attached hydrogens (tertiary/aromatic N) is 3. The third-order valence-corrected chi connectivity index (χ3v) is 3.91. The van der Waals surface area contributed by atoms with Gasteiger partial charge in [-0.3, -0.25) is 9.78 Å². The molecule has 1 amide bonds. The summed E-state index contributed by atoms with van der Waals surface area (Å²) in [7, 11) is 0. The third kappa shape index (κ3) is 3.00. The lowest BCUT2D eigenvalue weighted by Crippen LogP contribution is -2.56. The van der Waals surface area contributed by atoms with Crippen molar-refractivity contribution >= 4 is 11.6 Å². The molecular formula is C17H14F3N3O2. The minimum atomic E-state index is -5.06. The van der Waals surface area contributed by atoms with Crippen LogP contribution in [0.15, 0.2) is 53.9 Å². The number of aryl methyl sites for hydroxylation is 1. The fourth-order valence-electron chi connectivity index (χ4n) is 2.59. The number of aromatic nitrogens is 1. The van der Waals surface area contributed by atoms with Crippen molar-refractivity contribution in [2.45, 2.75) is 25.2 Å². The van der Waals surface area contributed by atoms with E-state index in [0.717, 1.165) is 0 Å². The molecule has 2 aromatic rings. The molecule has 2 heterocycles. The zero-order valence-electron chi connectivity index (χ0n) is 13.2. The van der Waals surface area contributed by atoms with Crippen LogP contribution in [0.1, 0.15) is 27.9 Å². The first-order chi connectivity index (χ1) is 11.7. The lowest BCUT2D eigenvalue weighted by atomic mass is 10.0. The molecule has 1 aromatic heterocycles. The zero-order chi connectivity index (χ0) is 18.2. The summed E-state index contributed by atoms with van der Waals surface area (Å²) in [5.74, 6) is -1.02. The zero-order valence-corrected chi connectivity index (χ0v) is 13.2. The van der Waals surface area contributed by atoms with Gasteiger partial charge in [0.15, 0.2) is 0 Å². The molecule has 0 bridgehead atoms. The molecule has 130 valence electrons. The van der Waals surface area contributed by atoms with E-state index in [-0.39, 0.29) is 16.3 Å². The largest absolute Gasteiger partial charge is 0.438 e. The van der Waals surface area contributed by atoms with E-state index < -0.39 is 24.2 Å². The average molecular weight is 349 g/mol. The summed E-state index contributed by atoms with van der Waals surface area (Å²) >= 11 is 0. The van der Waals surface area contributed by atoms with Gasteiger partial charge in [0, 0.05) is 23.5 Å². The molecule has 8 heteroatoms. The molecule has 0 radical (unpaired) electrons. The van der Waals surface area contributed by atoms with E-state index in [1.807, 2.05) is 0 Å². The summed E-state index contributed by atoms with van der Waals surface area (Å²) < 4.78 is 40.5. The van der Waals surface area contributed by atoms with Gasteiger partial charge in [-0.2, -0.15) is 23.3 Å². The Morgan fingerprint density at radius 2 is 1.92 bits per heavy atom. The van der Waals surface area contributed by atoms with E-state index in [1.165, 1.54) is 36.7 Å². The van der Waals surface area contributed by atoms with Crippen molar-refractivity contribution < 1.29 is 23.1 Å². The maximum atomic E-state index is 13.5. The van der Waals surface area contributed by atoms with Gasteiger partial charge in [0.2, 0.25) is 0 Å². The Balaban J connectivity index is 2.06. The number of halogens is 3. The van der Waals surface area contributed by atoms with Crippen molar-refractivity contribution in [1.29, 1.82) is 0 Å². The summed E-state index contributed by atoms with van der Waals surface area (Å²) in [6, 6.07) is 9.03. The molecule has 0 saturated carbocycles. The maximum Gasteiger partial charge on any atom is 0.438 e. The first-order valence-corrected chi connectivity index (χ1v) is 7.40. The standard InChI is InChI=1S/C17H14F3N3O2/c1-11-3-2-4-13(9-11)15(24)23-16(25,17(18,19)20)10-14(22-23)12-5-7-21-8-6-12/h2-9,25H,10H2,1H3/t16-/m1/s1. The fourth-order valence-corrected chi connectivity index (χ4v) is 2.59. The second-order valence-electron chi connectivity index (χ2n) is 5.76. The molecule has 3 rings (SSSR count). The van der Waals surface area contributed by atoms with Crippen molar-refractivity contribution in [2.24, 2.45) is 5.10 Å². The van der Waals surface area contributed by atoms with Crippen molar-refractivity contribution in [1.82, 2.24) is 9.99 Å². The molecule has 5 nitrogen and oxygen atoms in total. The number of hydrogen-bond donors (Lipinski definition) is 1. The average Bonchev–Trinajstić information content (AvgIpc) is 2.94. The van der Waals surface area contributed by atoms with Gasteiger partial charge in [-0.05, 0) is 31.2 Å². The Hall–Kier alpha value is -2.74. The quantitative estimate of drug-likeness (QED) is 0.907. The fraction of sp³-hybridized carbons (Fsp3) is 0.235. The number of benzene rings is 1. The predicted molar refractivity (Wildman–Crippen MR) is 83.7 cm³/mol. The summed E-state index contributed by atoms with van der Waals surface area (Å²) in [6.07, 6.45) is -3.12. The van der Waals surface area contributed by atoms with E-state index in [0.29, 0.717) is 11.1 Å². The lowest BCUT2D eigenvalue weighted by molar-refractivity contribution is -0.297. The summed E-state index contributed by atoms with van der Waals surface area (Å²) in [5.41, 5.74) is -2.35. The van der Waals surface area contributed by atoms with Crippen LogP contribution in [0, 0.1) is 6.92 Å². The molecule has 25 heavy (non-hydrogen) atoms. The normalized spacial score (nSPS) is 20.5. The summed E-state index contributed by atoms with van der Waals surface area (Å²) in [5, 5.41) is 14.2. The Kier molecular flexibility index (Phi) is 4.08. The van der Waals surface area contributed by atoms with Crippen LogP contribution in [0.2, 0.25) is 0 Å². The van der Waals surface area contributed by atoms with Gasteiger partial charge in [0.1, 0.15) is 0 Å². The van der Waals surface area contributed by atoms with E-state index >= 15 is 0 Å². The second-order valence-corrected chi connectivity index (χ2v) is 5.76. The van der Waals surface area contributed by atoms with Crippen LogP contribution in [0.25, 0.3) is 0 Å². The first-order valence-electron chi connectivity index (χ1n) is 7.40. The minimum Gasteiger partial charge on any atom is -0.362 e. The number of carbonyl (C=O) groups excluding carboxylic acids is 1. The molecular weight excluding hydrogens is 335 g/mol. The van der Waals surface area contributed by atoms with Crippen LogP contribution in [0.4, 0.5) is 13.2 Å². The molecule has 1 atom stereocenters.